The minimum atomic E-state index is -4.54. The minimum absolute atomic E-state index is 0.0165. The van der Waals surface area contributed by atoms with Gasteiger partial charge in [-0.05, 0) is 22.8 Å². The van der Waals surface area contributed by atoms with Crippen LogP contribution in [0.25, 0.3) is 0 Å². The summed E-state index contributed by atoms with van der Waals surface area (Å²) < 4.78 is 16.4. The highest BCUT2D eigenvalue weighted by Gasteiger charge is 2.46. The van der Waals surface area contributed by atoms with Crippen LogP contribution >= 0.6 is 7.82 Å². The Balaban J connectivity index is 3.12. The maximum Gasteiger partial charge on any atom is 0.470 e. The molecule has 19 heavy (non-hydrogen) atoms. The Morgan fingerprint density at radius 3 is 2.00 bits per heavy atom. The third-order valence-corrected chi connectivity index (χ3v) is 4.14. The number of phosphoric acid groups is 1. The van der Waals surface area contributed by atoms with Crippen LogP contribution in [-0.2, 0) is 9.09 Å². The average Bonchev–Trinajstić information content (AvgIpc) is 2.12. The zero-order valence-corrected chi connectivity index (χ0v) is 13.5. The van der Waals surface area contributed by atoms with Gasteiger partial charge in [-0.1, -0.05) is 59.8 Å². The number of hydrogen-bond acceptors (Lipinski definition) is 2. The molecule has 1 aliphatic carbocycles. The van der Waals surface area contributed by atoms with Crippen molar-refractivity contribution >= 4 is 7.82 Å². The SMILES string of the molecule is CC(C)(C)C1=CCC(OP(=O)(O)O)(C(C)(C)C)C=C1. The molecular formula is C14H25O4P. The van der Waals surface area contributed by atoms with Gasteiger partial charge in [0.2, 0.25) is 0 Å². The molecule has 0 aliphatic heterocycles. The Morgan fingerprint density at radius 2 is 1.74 bits per heavy atom. The van der Waals surface area contributed by atoms with Gasteiger partial charge in [0.25, 0.3) is 0 Å². The predicted molar refractivity (Wildman–Crippen MR) is 76.6 cm³/mol. The van der Waals surface area contributed by atoms with Gasteiger partial charge in [-0.3, -0.25) is 4.52 Å². The molecule has 110 valence electrons. The lowest BCUT2D eigenvalue weighted by molar-refractivity contribution is -0.0119. The molecule has 0 saturated heterocycles. The van der Waals surface area contributed by atoms with Crippen molar-refractivity contribution in [3.05, 3.63) is 23.8 Å². The van der Waals surface area contributed by atoms with Crippen molar-refractivity contribution in [2.24, 2.45) is 10.8 Å². The second-order valence-electron chi connectivity index (χ2n) is 7.17. The van der Waals surface area contributed by atoms with Gasteiger partial charge < -0.3 is 9.79 Å². The van der Waals surface area contributed by atoms with E-state index in [2.05, 4.69) is 20.8 Å². The average molecular weight is 288 g/mol. The molecule has 0 bridgehead atoms. The van der Waals surface area contributed by atoms with Gasteiger partial charge >= 0.3 is 7.82 Å². The monoisotopic (exact) mass is 288 g/mol. The van der Waals surface area contributed by atoms with Crippen LogP contribution in [-0.4, -0.2) is 15.4 Å². The van der Waals surface area contributed by atoms with Crippen molar-refractivity contribution in [1.82, 2.24) is 0 Å². The van der Waals surface area contributed by atoms with Crippen LogP contribution in [0.3, 0.4) is 0 Å². The second-order valence-corrected chi connectivity index (χ2v) is 8.33. The summed E-state index contributed by atoms with van der Waals surface area (Å²) >= 11 is 0. The van der Waals surface area contributed by atoms with Crippen LogP contribution in [0, 0.1) is 10.8 Å². The van der Waals surface area contributed by atoms with Crippen LogP contribution in [0.15, 0.2) is 23.8 Å². The molecule has 0 aromatic heterocycles. The lowest BCUT2D eigenvalue weighted by Crippen LogP contribution is -2.44. The molecule has 0 spiro atoms. The van der Waals surface area contributed by atoms with Crippen molar-refractivity contribution in [1.29, 1.82) is 0 Å². The van der Waals surface area contributed by atoms with Gasteiger partial charge in [0.1, 0.15) is 5.60 Å². The molecule has 1 atom stereocenters. The van der Waals surface area contributed by atoms with E-state index in [1.54, 1.807) is 6.08 Å². The Kier molecular flexibility index (Phi) is 4.25. The summed E-state index contributed by atoms with van der Waals surface area (Å²) in [6, 6.07) is 0. The lowest BCUT2D eigenvalue weighted by Gasteiger charge is -2.43. The van der Waals surface area contributed by atoms with Crippen LogP contribution < -0.4 is 0 Å². The molecule has 0 aromatic rings. The Hall–Kier alpha value is -0.410. The predicted octanol–water partition coefficient (Wildman–Crippen LogP) is 3.81. The molecule has 1 unspecified atom stereocenters. The molecule has 1 rings (SSSR count). The molecule has 0 saturated carbocycles. The second kappa shape index (κ2) is 4.85. The zero-order valence-electron chi connectivity index (χ0n) is 12.6. The van der Waals surface area contributed by atoms with E-state index in [4.69, 9.17) is 14.3 Å². The van der Waals surface area contributed by atoms with Gasteiger partial charge in [-0.2, -0.15) is 0 Å². The number of rotatable bonds is 2. The van der Waals surface area contributed by atoms with Crippen molar-refractivity contribution < 1.29 is 18.9 Å². The van der Waals surface area contributed by atoms with E-state index < -0.39 is 18.8 Å². The van der Waals surface area contributed by atoms with Gasteiger partial charge in [0.05, 0.1) is 0 Å². The summed E-state index contributed by atoms with van der Waals surface area (Å²) in [4.78, 5) is 18.3. The van der Waals surface area contributed by atoms with E-state index in [0.29, 0.717) is 6.42 Å². The summed E-state index contributed by atoms with van der Waals surface area (Å²) in [6.45, 7) is 12.1. The molecule has 1 aliphatic rings. The highest BCUT2D eigenvalue weighted by molar-refractivity contribution is 7.46. The Bertz CT molecular complexity index is 445. The highest BCUT2D eigenvalue weighted by atomic mass is 31.2. The van der Waals surface area contributed by atoms with Crippen molar-refractivity contribution in [3.8, 4) is 0 Å². The van der Waals surface area contributed by atoms with Crippen molar-refractivity contribution in [2.45, 2.75) is 53.6 Å². The fourth-order valence-corrected chi connectivity index (χ4v) is 2.98. The van der Waals surface area contributed by atoms with Crippen LogP contribution in [0.2, 0.25) is 0 Å². The smallest absolute Gasteiger partial charge is 0.303 e. The first-order chi connectivity index (χ1) is 8.27. The summed E-state index contributed by atoms with van der Waals surface area (Å²) in [5.74, 6) is 0. The lowest BCUT2D eigenvalue weighted by atomic mass is 9.70. The molecule has 0 amide bonds. The third kappa shape index (κ3) is 4.03. The fraction of sp³-hybridized carbons (Fsp3) is 0.714. The van der Waals surface area contributed by atoms with Gasteiger partial charge in [-0.15, -0.1) is 0 Å². The summed E-state index contributed by atoms with van der Waals surface area (Å²) in [6.07, 6.45) is 6.20. The maximum atomic E-state index is 11.2. The largest absolute Gasteiger partial charge is 0.470 e. The van der Waals surface area contributed by atoms with E-state index in [-0.39, 0.29) is 5.41 Å². The third-order valence-electron chi connectivity index (χ3n) is 3.57. The minimum Gasteiger partial charge on any atom is -0.303 e. The normalized spacial score (nSPS) is 25.4. The molecular weight excluding hydrogens is 263 g/mol. The number of phosphoric ester groups is 1. The van der Waals surface area contributed by atoms with Gasteiger partial charge in [-0.25, -0.2) is 4.57 Å². The van der Waals surface area contributed by atoms with Crippen molar-refractivity contribution in [2.75, 3.05) is 0 Å². The first-order valence-corrected chi connectivity index (χ1v) is 7.96. The summed E-state index contributed by atoms with van der Waals surface area (Å²) in [5.41, 5.74) is -0.213. The highest BCUT2D eigenvalue weighted by Crippen LogP contribution is 2.52. The topological polar surface area (TPSA) is 66.8 Å². The first-order valence-electron chi connectivity index (χ1n) is 6.43. The van der Waals surface area contributed by atoms with E-state index in [0.717, 1.165) is 5.57 Å². The van der Waals surface area contributed by atoms with E-state index in [1.165, 1.54) is 0 Å². The van der Waals surface area contributed by atoms with Gasteiger partial charge in [0, 0.05) is 0 Å². The van der Waals surface area contributed by atoms with Crippen molar-refractivity contribution in [3.63, 3.8) is 0 Å². The van der Waals surface area contributed by atoms with Gasteiger partial charge in [0.15, 0.2) is 0 Å². The molecule has 4 nitrogen and oxygen atoms in total. The van der Waals surface area contributed by atoms with E-state index >= 15 is 0 Å². The van der Waals surface area contributed by atoms with E-state index in [9.17, 15) is 4.57 Å². The maximum absolute atomic E-state index is 11.2. The molecule has 0 fully saturated rings. The van der Waals surface area contributed by atoms with Crippen LogP contribution in [0.4, 0.5) is 0 Å². The Labute approximate surface area is 115 Å². The molecule has 0 radical (unpaired) electrons. The van der Waals surface area contributed by atoms with Crippen LogP contribution in [0.1, 0.15) is 48.0 Å². The standard InChI is InChI=1S/C14H25O4P/c1-12(2,3)11-7-9-14(10-8-11,13(4,5)6)18-19(15,16)17/h7-9H,10H2,1-6H3,(H2,15,16,17). The Morgan fingerprint density at radius 1 is 1.21 bits per heavy atom. The quantitative estimate of drug-likeness (QED) is 0.758. The van der Waals surface area contributed by atoms with Crippen LogP contribution in [0.5, 0.6) is 0 Å². The number of hydrogen-bond donors (Lipinski definition) is 2. The first kappa shape index (κ1) is 16.6. The summed E-state index contributed by atoms with van der Waals surface area (Å²) in [5, 5.41) is 0. The number of allylic oxidation sites excluding steroid dienone is 2. The van der Waals surface area contributed by atoms with E-state index in [1.807, 2.05) is 32.9 Å². The molecule has 2 N–H and O–H groups in total. The molecule has 0 heterocycles. The molecule has 5 heteroatoms. The zero-order chi connectivity index (χ0) is 15.1. The molecule has 0 aromatic carbocycles. The fourth-order valence-electron chi connectivity index (χ4n) is 2.15. The summed E-state index contributed by atoms with van der Waals surface area (Å²) in [7, 11) is -4.54.